The lowest BCUT2D eigenvalue weighted by Crippen LogP contribution is -2.26. The van der Waals surface area contributed by atoms with E-state index in [0.717, 1.165) is 32.1 Å². The second-order valence-electron chi connectivity index (χ2n) is 8.68. The van der Waals surface area contributed by atoms with Gasteiger partial charge in [0.25, 0.3) is 5.56 Å². The number of aromatic nitrogens is 2. The van der Waals surface area contributed by atoms with Crippen LogP contribution in [0.1, 0.15) is 63.3 Å². The first-order valence-electron chi connectivity index (χ1n) is 12.1. The summed E-state index contributed by atoms with van der Waals surface area (Å²) in [6.07, 6.45) is 5.53. The van der Waals surface area contributed by atoms with Crippen LogP contribution in [0.15, 0.2) is 52.4 Å². The van der Waals surface area contributed by atoms with E-state index in [1.807, 2.05) is 12.1 Å². The summed E-state index contributed by atoms with van der Waals surface area (Å²) < 4.78 is 11.7. The van der Waals surface area contributed by atoms with Gasteiger partial charge in [-0.3, -0.25) is 14.9 Å². The molecule has 1 heterocycles. The molecule has 0 saturated heterocycles. The highest BCUT2D eigenvalue weighted by atomic mass is 16.6. The van der Waals surface area contributed by atoms with Gasteiger partial charge in [-0.05, 0) is 51.0 Å². The monoisotopic (exact) mass is 492 g/mol. The number of nitro groups is 1. The molecular weight excluding hydrogens is 464 g/mol. The molecule has 0 radical (unpaired) electrons. The molecule has 36 heavy (non-hydrogen) atoms. The minimum Gasteiger partial charge on any atom is -0.472 e. The fourth-order valence-corrected chi connectivity index (χ4v) is 4.36. The fraction of sp³-hybridized carbons (Fsp3) is 0.385. The molecule has 0 spiro atoms. The smallest absolute Gasteiger partial charge is 0.347 e. The highest BCUT2D eigenvalue weighted by Gasteiger charge is 2.24. The van der Waals surface area contributed by atoms with E-state index in [-0.39, 0.29) is 29.5 Å². The molecule has 3 aromatic rings. The molecule has 4 rings (SSSR count). The molecule has 1 fully saturated rings. The summed E-state index contributed by atoms with van der Waals surface area (Å²) in [5.74, 6) is 0.0380. The Hall–Kier alpha value is -4.08. The van der Waals surface area contributed by atoms with Gasteiger partial charge in [-0.1, -0.05) is 31.4 Å². The van der Waals surface area contributed by atoms with Gasteiger partial charge in [-0.25, -0.2) is 9.78 Å². The standard InChI is InChI=1S/C26H28N4O6/c1-3-35-26(32)17(2)36-23-14-13-18(15-22(23)30(33)34)16-27-29-24(19-9-5-4-6-10-19)28-21-12-8-7-11-20(21)25(29)31/h7-8,11-17,19H,3-6,9-10H2,1-2H3/t17-/m0/s1. The average molecular weight is 493 g/mol. The summed E-state index contributed by atoms with van der Waals surface area (Å²) >= 11 is 0. The summed E-state index contributed by atoms with van der Waals surface area (Å²) in [5, 5.41) is 16.6. The van der Waals surface area contributed by atoms with Crippen molar-refractivity contribution < 1.29 is 19.2 Å². The van der Waals surface area contributed by atoms with Crippen molar-refractivity contribution >= 4 is 28.8 Å². The van der Waals surface area contributed by atoms with Crippen LogP contribution in [0.5, 0.6) is 5.75 Å². The van der Waals surface area contributed by atoms with E-state index in [9.17, 15) is 19.7 Å². The van der Waals surface area contributed by atoms with E-state index >= 15 is 0 Å². The molecule has 10 nitrogen and oxygen atoms in total. The first kappa shape index (κ1) is 25.0. The lowest BCUT2D eigenvalue weighted by molar-refractivity contribution is -0.386. The van der Waals surface area contributed by atoms with Gasteiger partial charge in [0.05, 0.1) is 28.6 Å². The van der Waals surface area contributed by atoms with Crippen molar-refractivity contribution in [2.75, 3.05) is 6.61 Å². The molecule has 0 N–H and O–H groups in total. The number of hydrogen-bond donors (Lipinski definition) is 0. The Balaban J connectivity index is 1.70. The molecule has 1 aromatic heterocycles. The highest BCUT2D eigenvalue weighted by Crippen LogP contribution is 2.32. The maximum absolute atomic E-state index is 13.3. The zero-order valence-corrected chi connectivity index (χ0v) is 20.3. The summed E-state index contributed by atoms with van der Waals surface area (Å²) in [6, 6.07) is 11.4. The Bertz CT molecular complexity index is 1360. The van der Waals surface area contributed by atoms with E-state index in [0.29, 0.717) is 22.3 Å². The molecule has 0 bridgehead atoms. The topological polar surface area (TPSA) is 126 Å². The van der Waals surface area contributed by atoms with E-state index in [4.69, 9.17) is 14.5 Å². The molecule has 0 unspecified atom stereocenters. The molecule has 188 valence electrons. The van der Waals surface area contributed by atoms with Crippen LogP contribution < -0.4 is 10.3 Å². The molecule has 10 heteroatoms. The van der Waals surface area contributed by atoms with Crippen molar-refractivity contribution in [3.63, 3.8) is 0 Å². The lowest BCUT2D eigenvalue weighted by Gasteiger charge is -2.22. The largest absolute Gasteiger partial charge is 0.472 e. The number of carbonyl (C=O) groups is 1. The van der Waals surface area contributed by atoms with Gasteiger partial charge in [0.2, 0.25) is 0 Å². The van der Waals surface area contributed by atoms with Crippen molar-refractivity contribution in [3.8, 4) is 5.75 Å². The SMILES string of the molecule is CCOC(=O)[C@H](C)Oc1ccc(C=Nn2c(C3CCCCC3)nc3ccccc3c2=O)cc1[N+](=O)[O-]. The molecule has 1 saturated carbocycles. The summed E-state index contributed by atoms with van der Waals surface area (Å²) in [5.41, 5.74) is 0.414. The van der Waals surface area contributed by atoms with E-state index in [2.05, 4.69) is 5.10 Å². The highest BCUT2D eigenvalue weighted by molar-refractivity contribution is 5.82. The number of rotatable bonds is 8. The number of ether oxygens (including phenoxy) is 2. The normalized spacial score (nSPS) is 15.2. The molecular formula is C26H28N4O6. The zero-order chi connectivity index (χ0) is 25.7. The molecule has 1 aliphatic carbocycles. The van der Waals surface area contributed by atoms with Crippen LogP contribution in [0.2, 0.25) is 0 Å². The Morgan fingerprint density at radius 1 is 1.25 bits per heavy atom. The van der Waals surface area contributed by atoms with Gasteiger partial charge < -0.3 is 9.47 Å². The fourth-order valence-electron chi connectivity index (χ4n) is 4.36. The first-order chi connectivity index (χ1) is 17.4. The average Bonchev–Trinajstić information content (AvgIpc) is 2.89. The van der Waals surface area contributed by atoms with Crippen molar-refractivity contribution in [2.24, 2.45) is 5.10 Å². The number of fused-ring (bicyclic) bond motifs is 1. The predicted molar refractivity (Wildman–Crippen MR) is 135 cm³/mol. The molecule has 2 aromatic carbocycles. The molecule has 1 atom stereocenters. The Kier molecular flexibility index (Phi) is 7.72. The second-order valence-corrected chi connectivity index (χ2v) is 8.68. The Morgan fingerprint density at radius 3 is 2.72 bits per heavy atom. The van der Waals surface area contributed by atoms with Crippen LogP contribution in [0.3, 0.4) is 0 Å². The molecule has 0 amide bonds. The van der Waals surface area contributed by atoms with Gasteiger partial charge in [0, 0.05) is 17.5 Å². The zero-order valence-electron chi connectivity index (χ0n) is 20.3. The molecule has 0 aliphatic heterocycles. The number of carbonyl (C=O) groups excluding carboxylic acids is 1. The number of hydrogen-bond acceptors (Lipinski definition) is 8. The van der Waals surface area contributed by atoms with E-state index in [1.165, 1.54) is 29.9 Å². The minimum absolute atomic E-state index is 0.0647. The predicted octanol–water partition coefficient (Wildman–Crippen LogP) is 4.57. The van der Waals surface area contributed by atoms with Crippen molar-refractivity contribution in [3.05, 3.63) is 74.3 Å². The van der Waals surface area contributed by atoms with Crippen LogP contribution in [-0.4, -0.2) is 39.5 Å². The van der Waals surface area contributed by atoms with Crippen LogP contribution in [0, 0.1) is 10.1 Å². The number of esters is 1. The van der Waals surface area contributed by atoms with Crippen LogP contribution >= 0.6 is 0 Å². The third-order valence-electron chi connectivity index (χ3n) is 6.17. The summed E-state index contributed by atoms with van der Waals surface area (Å²) in [7, 11) is 0. The first-order valence-corrected chi connectivity index (χ1v) is 12.1. The second kappa shape index (κ2) is 11.1. The summed E-state index contributed by atoms with van der Waals surface area (Å²) in [6.45, 7) is 3.30. The van der Waals surface area contributed by atoms with E-state index in [1.54, 1.807) is 25.1 Å². The van der Waals surface area contributed by atoms with Crippen molar-refractivity contribution in [1.29, 1.82) is 0 Å². The van der Waals surface area contributed by atoms with Gasteiger partial charge >= 0.3 is 11.7 Å². The van der Waals surface area contributed by atoms with Gasteiger partial charge in [-0.15, -0.1) is 0 Å². The minimum atomic E-state index is -1.01. The number of nitro benzene ring substituents is 1. The summed E-state index contributed by atoms with van der Waals surface area (Å²) in [4.78, 5) is 41.0. The Labute approximate surface area is 207 Å². The van der Waals surface area contributed by atoms with Gasteiger partial charge in [0.1, 0.15) is 5.82 Å². The van der Waals surface area contributed by atoms with Gasteiger partial charge in [-0.2, -0.15) is 9.78 Å². The quantitative estimate of drug-likeness (QED) is 0.195. The molecule has 1 aliphatic rings. The Morgan fingerprint density at radius 2 is 2.00 bits per heavy atom. The van der Waals surface area contributed by atoms with E-state index < -0.39 is 17.0 Å². The number of para-hydroxylation sites is 1. The van der Waals surface area contributed by atoms with Crippen molar-refractivity contribution in [1.82, 2.24) is 9.66 Å². The number of nitrogens with zero attached hydrogens (tertiary/aromatic N) is 4. The van der Waals surface area contributed by atoms with Gasteiger partial charge in [0.15, 0.2) is 11.9 Å². The van der Waals surface area contributed by atoms with Crippen molar-refractivity contribution in [2.45, 2.75) is 58.0 Å². The third-order valence-corrected chi connectivity index (χ3v) is 6.17. The lowest BCUT2D eigenvalue weighted by atomic mass is 9.88. The van der Waals surface area contributed by atoms with Crippen LogP contribution in [0.25, 0.3) is 10.9 Å². The van der Waals surface area contributed by atoms with Crippen LogP contribution in [0.4, 0.5) is 5.69 Å². The number of benzene rings is 2. The maximum Gasteiger partial charge on any atom is 0.347 e. The maximum atomic E-state index is 13.3. The third kappa shape index (κ3) is 5.42. The van der Waals surface area contributed by atoms with Crippen LogP contribution in [-0.2, 0) is 9.53 Å².